The SMILES string of the molecule is C=C(Sc1c(C)cccc1[N+](=O)[O-])C(=O)Nc1scc(-c2ccc(Cl)cc2)c1C(=O)OC(C)(C)C. The van der Waals surface area contributed by atoms with Crippen LogP contribution in [0.15, 0.2) is 64.2 Å². The predicted molar refractivity (Wildman–Crippen MR) is 141 cm³/mol. The zero-order valence-corrected chi connectivity index (χ0v) is 21.9. The summed E-state index contributed by atoms with van der Waals surface area (Å²) in [5.74, 6) is -1.17. The molecule has 0 saturated heterocycles. The number of thioether (sulfide) groups is 1. The fraction of sp³-hybridized carbons (Fsp3) is 0.200. The number of esters is 1. The van der Waals surface area contributed by atoms with E-state index in [0.29, 0.717) is 21.0 Å². The van der Waals surface area contributed by atoms with E-state index in [1.165, 1.54) is 17.4 Å². The molecule has 7 nitrogen and oxygen atoms in total. The number of carbonyl (C=O) groups is 2. The number of thiophene rings is 1. The van der Waals surface area contributed by atoms with Crippen molar-refractivity contribution in [3.63, 3.8) is 0 Å². The van der Waals surface area contributed by atoms with E-state index < -0.39 is 22.4 Å². The van der Waals surface area contributed by atoms with Gasteiger partial charge in [-0.1, -0.05) is 54.2 Å². The number of benzene rings is 2. The number of halogens is 1. The molecule has 1 aromatic heterocycles. The molecule has 10 heteroatoms. The molecule has 1 heterocycles. The topological polar surface area (TPSA) is 98.5 Å². The van der Waals surface area contributed by atoms with Crippen molar-refractivity contribution in [1.29, 1.82) is 0 Å². The van der Waals surface area contributed by atoms with Crippen LogP contribution in [0.3, 0.4) is 0 Å². The van der Waals surface area contributed by atoms with Crippen LogP contribution in [0.2, 0.25) is 5.02 Å². The highest BCUT2D eigenvalue weighted by atomic mass is 35.5. The third-order valence-electron chi connectivity index (χ3n) is 4.64. The zero-order valence-electron chi connectivity index (χ0n) is 19.5. The van der Waals surface area contributed by atoms with E-state index >= 15 is 0 Å². The maximum Gasteiger partial charge on any atom is 0.342 e. The minimum absolute atomic E-state index is 0.0407. The van der Waals surface area contributed by atoms with Gasteiger partial charge in [0.1, 0.15) is 16.2 Å². The lowest BCUT2D eigenvalue weighted by Gasteiger charge is -2.20. The molecule has 35 heavy (non-hydrogen) atoms. The van der Waals surface area contributed by atoms with Gasteiger partial charge in [0.25, 0.3) is 11.6 Å². The van der Waals surface area contributed by atoms with E-state index in [1.54, 1.807) is 69.5 Å². The summed E-state index contributed by atoms with van der Waals surface area (Å²) in [6, 6.07) is 11.6. The molecule has 0 fully saturated rings. The molecule has 3 rings (SSSR count). The first-order valence-electron chi connectivity index (χ1n) is 10.4. The molecule has 0 spiro atoms. The Morgan fingerprint density at radius 1 is 1.17 bits per heavy atom. The summed E-state index contributed by atoms with van der Waals surface area (Å²) in [5.41, 5.74) is 1.31. The average Bonchev–Trinajstić information content (AvgIpc) is 3.17. The Bertz CT molecular complexity index is 1310. The van der Waals surface area contributed by atoms with Gasteiger partial charge in [-0.15, -0.1) is 11.3 Å². The summed E-state index contributed by atoms with van der Waals surface area (Å²) in [5, 5.41) is 16.7. The number of carbonyl (C=O) groups excluding carboxylic acids is 2. The first-order chi connectivity index (χ1) is 16.4. The number of rotatable bonds is 7. The second-order valence-electron chi connectivity index (χ2n) is 8.52. The predicted octanol–water partition coefficient (Wildman–Crippen LogP) is 7.48. The van der Waals surface area contributed by atoms with Crippen LogP contribution in [-0.2, 0) is 9.53 Å². The smallest absolute Gasteiger partial charge is 0.342 e. The van der Waals surface area contributed by atoms with E-state index in [0.717, 1.165) is 17.3 Å². The van der Waals surface area contributed by atoms with Crippen molar-refractivity contribution in [3.05, 3.63) is 85.6 Å². The molecular weight excluding hydrogens is 508 g/mol. The standard InChI is InChI=1S/C25H23ClN2O5S2/c1-14-7-6-8-19(28(31)32)21(14)35-15(2)22(29)27-23-20(24(30)33-25(3,4)5)18(13-34-23)16-9-11-17(26)12-10-16/h6-13H,2H2,1,3-5H3,(H,27,29). The summed E-state index contributed by atoms with van der Waals surface area (Å²) < 4.78 is 5.59. The van der Waals surface area contributed by atoms with Crippen molar-refractivity contribution in [1.82, 2.24) is 0 Å². The second-order valence-corrected chi connectivity index (χ2v) is 10.9. The maximum atomic E-state index is 13.1. The van der Waals surface area contributed by atoms with Crippen molar-refractivity contribution in [2.24, 2.45) is 0 Å². The summed E-state index contributed by atoms with van der Waals surface area (Å²) in [6.45, 7) is 10.8. The van der Waals surface area contributed by atoms with E-state index in [1.807, 2.05) is 0 Å². The maximum absolute atomic E-state index is 13.1. The van der Waals surface area contributed by atoms with Gasteiger partial charge < -0.3 is 10.1 Å². The highest BCUT2D eigenvalue weighted by Crippen LogP contribution is 2.40. The largest absolute Gasteiger partial charge is 0.456 e. The van der Waals surface area contributed by atoms with Crippen LogP contribution in [0.1, 0.15) is 36.7 Å². The molecule has 0 aliphatic carbocycles. The number of aryl methyl sites for hydroxylation is 1. The lowest BCUT2D eigenvalue weighted by atomic mass is 10.0. The van der Waals surface area contributed by atoms with Gasteiger partial charge in [-0.05, 0) is 51.0 Å². The van der Waals surface area contributed by atoms with Crippen molar-refractivity contribution < 1.29 is 19.2 Å². The Morgan fingerprint density at radius 2 is 1.83 bits per heavy atom. The molecule has 1 amide bonds. The van der Waals surface area contributed by atoms with E-state index in [4.69, 9.17) is 16.3 Å². The minimum atomic E-state index is -0.749. The van der Waals surface area contributed by atoms with Gasteiger partial charge >= 0.3 is 5.97 Å². The van der Waals surface area contributed by atoms with Gasteiger partial charge in [-0.3, -0.25) is 14.9 Å². The van der Waals surface area contributed by atoms with E-state index in [9.17, 15) is 19.7 Å². The third kappa shape index (κ3) is 6.50. The van der Waals surface area contributed by atoms with Gasteiger partial charge in [-0.2, -0.15) is 0 Å². The third-order valence-corrected chi connectivity index (χ3v) is 6.96. The molecule has 0 unspecified atom stereocenters. The fourth-order valence-electron chi connectivity index (χ4n) is 3.08. The fourth-order valence-corrected chi connectivity index (χ4v) is 5.02. The van der Waals surface area contributed by atoms with Crippen LogP contribution >= 0.6 is 34.7 Å². The molecule has 0 aliphatic rings. The van der Waals surface area contributed by atoms with Crippen LogP contribution in [0.25, 0.3) is 11.1 Å². The first-order valence-corrected chi connectivity index (χ1v) is 12.5. The summed E-state index contributed by atoms with van der Waals surface area (Å²) in [7, 11) is 0. The number of nitrogens with zero attached hydrogens (tertiary/aromatic N) is 1. The number of anilines is 1. The van der Waals surface area contributed by atoms with Crippen LogP contribution in [0.4, 0.5) is 10.7 Å². The number of nitro benzene ring substituents is 1. The van der Waals surface area contributed by atoms with Crippen molar-refractivity contribution in [2.75, 3.05) is 5.32 Å². The summed E-state index contributed by atoms with van der Waals surface area (Å²) in [4.78, 5) is 37.4. The van der Waals surface area contributed by atoms with Gasteiger partial charge in [-0.25, -0.2) is 4.79 Å². The van der Waals surface area contributed by atoms with Crippen molar-refractivity contribution in [3.8, 4) is 11.1 Å². The Balaban J connectivity index is 1.93. The number of amides is 1. The Morgan fingerprint density at radius 3 is 2.43 bits per heavy atom. The van der Waals surface area contributed by atoms with Gasteiger partial charge in [0.05, 0.1) is 14.7 Å². The Hall–Kier alpha value is -3.14. The second kappa shape index (κ2) is 10.6. The van der Waals surface area contributed by atoms with Crippen molar-refractivity contribution >= 4 is 57.3 Å². The van der Waals surface area contributed by atoms with Gasteiger partial charge in [0.2, 0.25) is 0 Å². The monoisotopic (exact) mass is 530 g/mol. The molecule has 3 aromatic rings. The normalized spacial score (nSPS) is 11.1. The van der Waals surface area contributed by atoms with E-state index in [-0.39, 0.29) is 21.2 Å². The molecular formula is C25H23ClN2O5S2. The summed E-state index contributed by atoms with van der Waals surface area (Å²) >= 11 is 8.08. The molecule has 0 saturated carbocycles. The highest BCUT2D eigenvalue weighted by Gasteiger charge is 2.27. The van der Waals surface area contributed by atoms with Crippen LogP contribution in [0.5, 0.6) is 0 Å². The highest BCUT2D eigenvalue weighted by molar-refractivity contribution is 8.04. The van der Waals surface area contributed by atoms with Crippen LogP contribution in [-0.4, -0.2) is 22.4 Å². The number of nitro groups is 1. The minimum Gasteiger partial charge on any atom is -0.456 e. The number of nitrogens with one attached hydrogen (secondary N) is 1. The van der Waals surface area contributed by atoms with Gasteiger partial charge in [0, 0.05) is 22.0 Å². The van der Waals surface area contributed by atoms with E-state index in [2.05, 4.69) is 11.9 Å². The van der Waals surface area contributed by atoms with Gasteiger partial charge in [0.15, 0.2) is 0 Å². The summed E-state index contributed by atoms with van der Waals surface area (Å²) in [6.07, 6.45) is 0. The molecule has 0 radical (unpaired) electrons. The molecule has 0 aliphatic heterocycles. The number of hydrogen-bond donors (Lipinski definition) is 1. The Kier molecular flexibility index (Phi) is 8.04. The lowest BCUT2D eigenvalue weighted by molar-refractivity contribution is -0.387. The van der Waals surface area contributed by atoms with Crippen LogP contribution in [0, 0.1) is 17.0 Å². The Labute approximate surface area is 216 Å². The zero-order chi connectivity index (χ0) is 25.9. The van der Waals surface area contributed by atoms with Crippen LogP contribution < -0.4 is 5.32 Å². The molecule has 182 valence electrons. The first kappa shape index (κ1) is 26.5. The number of ether oxygens (including phenoxy) is 1. The quantitative estimate of drug-likeness (QED) is 0.112. The molecule has 0 atom stereocenters. The molecule has 2 aromatic carbocycles. The molecule has 0 bridgehead atoms. The molecule has 1 N–H and O–H groups in total. The van der Waals surface area contributed by atoms with Crippen molar-refractivity contribution in [2.45, 2.75) is 38.2 Å². The lowest BCUT2D eigenvalue weighted by Crippen LogP contribution is -2.25. The average molecular weight is 531 g/mol. The number of hydrogen-bond acceptors (Lipinski definition) is 7.